The third kappa shape index (κ3) is 1.77. The SMILES string of the molecule is O=C(S)C(S)(S)c1ccco1. The summed E-state index contributed by atoms with van der Waals surface area (Å²) in [4.78, 5) is 10.8. The van der Waals surface area contributed by atoms with E-state index < -0.39 is 9.19 Å². The molecule has 0 atom stereocenters. The lowest BCUT2D eigenvalue weighted by Crippen LogP contribution is -2.17. The second-order valence-corrected chi connectivity index (χ2v) is 4.06. The number of thiol groups is 3. The molecule has 0 bridgehead atoms. The van der Waals surface area contributed by atoms with Gasteiger partial charge in [-0.2, -0.15) is 0 Å². The van der Waals surface area contributed by atoms with Gasteiger partial charge >= 0.3 is 0 Å². The third-order valence-corrected chi connectivity index (χ3v) is 2.70. The van der Waals surface area contributed by atoms with Crippen molar-refractivity contribution in [1.82, 2.24) is 0 Å². The van der Waals surface area contributed by atoms with Crippen LogP contribution in [0.25, 0.3) is 0 Å². The molecule has 0 saturated carbocycles. The summed E-state index contributed by atoms with van der Waals surface area (Å²) in [5.41, 5.74) is 0. The van der Waals surface area contributed by atoms with Crippen LogP contribution >= 0.6 is 37.9 Å². The molecule has 0 aliphatic heterocycles. The first kappa shape index (κ1) is 9.09. The van der Waals surface area contributed by atoms with Gasteiger partial charge in [0.15, 0.2) is 4.08 Å². The summed E-state index contributed by atoms with van der Waals surface area (Å²) < 4.78 is 3.71. The lowest BCUT2D eigenvalue weighted by atomic mass is 10.3. The van der Waals surface area contributed by atoms with Gasteiger partial charge in [0.1, 0.15) is 5.76 Å². The van der Waals surface area contributed by atoms with Gasteiger partial charge in [0, 0.05) is 0 Å². The first-order valence-electron chi connectivity index (χ1n) is 2.77. The number of hydrogen-bond donors (Lipinski definition) is 3. The Bertz CT molecular complexity index is 253. The van der Waals surface area contributed by atoms with Crippen LogP contribution in [0.1, 0.15) is 5.76 Å². The molecule has 1 rings (SSSR count). The van der Waals surface area contributed by atoms with Crippen molar-refractivity contribution in [3.63, 3.8) is 0 Å². The van der Waals surface area contributed by atoms with E-state index >= 15 is 0 Å². The van der Waals surface area contributed by atoms with E-state index in [0.29, 0.717) is 5.76 Å². The minimum absolute atomic E-state index is 0.379. The predicted molar refractivity (Wildman–Crippen MR) is 52.4 cm³/mol. The summed E-state index contributed by atoms with van der Waals surface area (Å²) in [6.45, 7) is 0. The minimum atomic E-state index is -1.23. The van der Waals surface area contributed by atoms with Crippen LogP contribution in [0.3, 0.4) is 0 Å². The average molecular weight is 206 g/mol. The summed E-state index contributed by atoms with van der Waals surface area (Å²) in [5, 5.41) is -0.459. The Hall–Kier alpha value is -0.0000000000000000555. The Morgan fingerprint density at radius 3 is 2.55 bits per heavy atom. The zero-order chi connectivity index (χ0) is 8.48. The molecule has 0 amide bonds. The van der Waals surface area contributed by atoms with E-state index in [1.54, 1.807) is 12.1 Å². The van der Waals surface area contributed by atoms with Crippen LogP contribution in [-0.4, -0.2) is 5.12 Å². The molecule has 60 valence electrons. The highest BCUT2D eigenvalue weighted by Crippen LogP contribution is 2.34. The van der Waals surface area contributed by atoms with Crippen molar-refractivity contribution in [3.05, 3.63) is 24.2 Å². The largest absolute Gasteiger partial charge is 0.466 e. The van der Waals surface area contributed by atoms with Gasteiger partial charge in [0.05, 0.1) is 6.26 Å². The van der Waals surface area contributed by atoms with Gasteiger partial charge in [0.2, 0.25) is 5.12 Å². The Kier molecular flexibility index (Phi) is 2.61. The van der Waals surface area contributed by atoms with Gasteiger partial charge in [0.25, 0.3) is 0 Å². The fourth-order valence-corrected chi connectivity index (χ4v) is 0.947. The second-order valence-electron chi connectivity index (χ2n) is 1.95. The molecular formula is C6H6O2S3. The van der Waals surface area contributed by atoms with E-state index in [-0.39, 0.29) is 0 Å². The molecular weight excluding hydrogens is 200 g/mol. The number of furan rings is 1. The molecule has 1 aromatic heterocycles. The van der Waals surface area contributed by atoms with Crippen molar-refractivity contribution in [2.24, 2.45) is 0 Å². The maximum absolute atomic E-state index is 10.8. The smallest absolute Gasteiger partial charge is 0.219 e. The zero-order valence-corrected chi connectivity index (χ0v) is 8.07. The average Bonchev–Trinajstić information content (AvgIpc) is 2.37. The molecule has 0 saturated heterocycles. The maximum atomic E-state index is 10.8. The summed E-state index contributed by atoms with van der Waals surface area (Å²) in [6, 6.07) is 3.28. The van der Waals surface area contributed by atoms with E-state index in [0.717, 1.165) is 0 Å². The lowest BCUT2D eigenvalue weighted by Gasteiger charge is -2.13. The van der Waals surface area contributed by atoms with Gasteiger partial charge in [-0.3, -0.25) is 4.79 Å². The fourth-order valence-electron chi connectivity index (χ4n) is 0.582. The molecule has 0 N–H and O–H groups in total. The molecule has 0 radical (unpaired) electrons. The number of carbonyl (C=O) groups is 1. The summed E-state index contributed by atoms with van der Waals surface area (Å²) in [7, 11) is 0. The van der Waals surface area contributed by atoms with E-state index in [9.17, 15) is 4.79 Å². The zero-order valence-electron chi connectivity index (χ0n) is 5.39. The molecule has 1 heterocycles. The van der Waals surface area contributed by atoms with Crippen LogP contribution in [0.15, 0.2) is 22.8 Å². The van der Waals surface area contributed by atoms with Gasteiger partial charge < -0.3 is 4.42 Å². The van der Waals surface area contributed by atoms with Crippen molar-refractivity contribution >= 4 is 43.0 Å². The first-order chi connectivity index (χ1) is 5.05. The van der Waals surface area contributed by atoms with Gasteiger partial charge in [-0.25, -0.2) is 0 Å². The molecule has 2 nitrogen and oxygen atoms in total. The summed E-state index contributed by atoms with van der Waals surface area (Å²) in [6.07, 6.45) is 1.45. The van der Waals surface area contributed by atoms with Gasteiger partial charge in [-0.05, 0) is 12.1 Å². The number of carbonyl (C=O) groups excluding carboxylic acids is 1. The monoisotopic (exact) mass is 206 g/mol. The Balaban J connectivity index is 3.00. The standard InChI is InChI=1S/C6H6O2S3/c7-5(9)6(10,11)4-2-1-3-8-4/h1-3,10-11H,(H,7,9). The van der Waals surface area contributed by atoms with Gasteiger partial charge in [-0.1, -0.05) is 0 Å². The van der Waals surface area contributed by atoms with E-state index in [1.165, 1.54) is 6.26 Å². The normalized spacial score (nSPS) is 11.5. The highest BCUT2D eigenvalue weighted by molar-refractivity contribution is 8.07. The molecule has 1 aromatic rings. The lowest BCUT2D eigenvalue weighted by molar-refractivity contribution is -0.111. The van der Waals surface area contributed by atoms with Crippen molar-refractivity contribution in [3.8, 4) is 0 Å². The van der Waals surface area contributed by atoms with Crippen molar-refractivity contribution < 1.29 is 9.21 Å². The molecule has 0 aromatic carbocycles. The van der Waals surface area contributed by atoms with E-state index in [1.807, 2.05) is 0 Å². The molecule has 11 heavy (non-hydrogen) atoms. The third-order valence-electron chi connectivity index (χ3n) is 1.16. The highest BCUT2D eigenvalue weighted by Gasteiger charge is 2.32. The van der Waals surface area contributed by atoms with Crippen LogP contribution < -0.4 is 0 Å². The summed E-state index contributed by atoms with van der Waals surface area (Å²) in [5.74, 6) is 0.379. The second kappa shape index (κ2) is 3.16. The van der Waals surface area contributed by atoms with Crippen LogP contribution in [0.5, 0.6) is 0 Å². The van der Waals surface area contributed by atoms with Crippen LogP contribution in [-0.2, 0) is 8.87 Å². The summed E-state index contributed by atoms with van der Waals surface area (Å²) >= 11 is 11.6. The topological polar surface area (TPSA) is 30.2 Å². The number of hydrogen-bond acceptors (Lipinski definition) is 4. The first-order valence-corrected chi connectivity index (χ1v) is 4.11. The number of rotatable bonds is 2. The quantitative estimate of drug-likeness (QED) is 0.508. The van der Waals surface area contributed by atoms with E-state index in [4.69, 9.17) is 4.42 Å². The minimum Gasteiger partial charge on any atom is -0.466 e. The van der Waals surface area contributed by atoms with E-state index in [2.05, 4.69) is 37.9 Å². The molecule has 0 unspecified atom stereocenters. The highest BCUT2D eigenvalue weighted by atomic mass is 32.2. The van der Waals surface area contributed by atoms with Crippen LogP contribution in [0, 0.1) is 0 Å². The Morgan fingerprint density at radius 1 is 1.55 bits per heavy atom. The molecule has 0 aliphatic rings. The molecule has 0 fully saturated rings. The fraction of sp³-hybridized carbons (Fsp3) is 0.167. The Labute approximate surface area is 80.6 Å². The van der Waals surface area contributed by atoms with Crippen LogP contribution in [0.4, 0.5) is 0 Å². The maximum Gasteiger partial charge on any atom is 0.219 e. The van der Waals surface area contributed by atoms with Crippen LogP contribution in [0.2, 0.25) is 0 Å². The molecule has 0 aliphatic carbocycles. The molecule has 0 spiro atoms. The Morgan fingerprint density at radius 2 is 2.18 bits per heavy atom. The predicted octanol–water partition coefficient (Wildman–Crippen LogP) is 1.75. The molecule has 5 heteroatoms. The van der Waals surface area contributed by atoms with Gasteiger partial charge in [-0.15, -0.1) is 37.9 Å². The van der Waals surface area contributed by atoms with Crippen molar-refractivity contribution in [1.29, 1.82) is 0 Å². The van der Waals surface area contributed by atoms with Crippen molar-refractivity contribution in [2.45, 2.75) is 4.08 Å². The van der Waals surface area contributed by atoms with Crippen molar-refractivity contribution in [2.75, 3.05) is 0 Å².